The highest BCUT2D eigenvalue weighted by Gasteiger charge is 2.15. The lowest BCUT2D eigenvalue weighted by Crippen LogP contribution is -1.85. The number of azo groups is 1. The minimum Gasteiger partial charge on any atom is -0.282 e. The molecule has 0 unspecified atom stereocenters. The molecule has 4 nitrogen and oxygen atoms in total. The molecular formula is C22H19FN4. The van der Waals surface area contributed by atoms with Crippen LogP contribution in [-0.4, -0.2) is 9.38 Å². The fourth-order valence-corrected chi connectivity index (χ4v) is 3.01. The van der Waals surface area contributed by atoms with E-state index in [0.29, 0.717) is 11.5 Å². The van der Waals surface area contributed by atoms with Gasteiger partial charge in [0.15, 0.2) is 5.82 Å². The monoisotopic (exact) mass is 358 g/mol. The van der Waals surface area contributed by atoms with Gasteiger partial charge in [-0.3, -0.25) is 4.40 Å². The van der Waals surface area contributed by atoms with Gasteiger partial charge in [-0.2, -0.15) is 0 Å². The molecule has 0 radical (unpaired) electrons. The van der Waals surface area contributed by atoms with Crippen LogP contribution in [0.5, 0.6) is 0 Å². The molecule has 2 aromatic carbocycles. The van der Waals surface area contributed by atoms with Crippen LogP contribution in [-0.2, 0) is 0 Å². The Balaban J connectivity index is 1.91. The molecule has 2 heterocycles. The number of aryl methyl sites for hydroxylation is 3. The average Bonchev–Trinajstić information content (AvgIpc) is 3.02. The van der Waals surface area contributed by atoms with E-state index in [1.807, 2.05) is 35.7 Å². The predicted octanol–water partition coefficient (Wildman–Crippen LogP) is 6.48. The van der Waals surface area contributed by atoms with Crippen molar-refractivity contribution in [1.29, 1.82) is 0 Å². The molecule has 0 amide bonds. The number of halogens is 1. The Bertz CT molecular complexity index is 1170. The molecule has 0 spiro atoms. The van der Waals surface area contributed by atoms with E-state index in [4.69, 9.17) is 4.98 Å². The van der Waals surface area contributed by atoms with Crippen molar-refractivity contribution in [2.45, 2.75) is 20.8 Å². The second-order valence-electron chi connectivity index (χ2n) is 6.65. The molecule has 0 aliphatic rings. The molecule has 5 heteroatoms. The molecule has 0 bridgehead atoms. The number of nitrogens with zero attached hydrogens (tertiary/aromatic N) is 4. The van der Waals surface area contributed by atoms with Crippen LogP contribution < -0.4 is 0 Å². The number of rotatable bonds is 3. The van der Waals surface area contributed by atoms with Crippen LogP contribution in [0.2, 0.25) is 0 Å². The van der Waals surface area contributed by atoms with E-state index >= 15 is 0 Å². The zero-order valence-corrected chi connectivity index (χ0v) is 15.4. The number of imidazole rings is 1. The Kier molecular flexibility index (Phi) is 4.28. The Labute approximate surface area is 157 Å². The molecule has 0 saturated heterocycles. The molecule has 0 N–H and O–H groups in total. The third-order valence-electron chi connectivity index (χ3n) is 4.67. The summed E-state index contributed by atoms with van der Waals surface area (Å²) in [6.07, 6.45) is 1.92. The van der Waals surface area contributed by atoms with Crippen molar-refractivity contribution in [3.8, 4) is 11.3 Å². The lowest BCUT2D eigenvalue weighted by atomic mass is 10.0. The van der Waals surface area contributed by atoms with E-state index in [-0.39, 0.29) is 5.82 Å². The van der Waals surface area contributed by atoms with Crippen molar-refractivity contribution in [3.05, 3.63) is 83.3 Å². The van der Waals surface area contributed by atoms with E-state index in [2.05, 4.69) is 36.2 Å². The van der Waals surface area contributed by atoms with Crippen LogP contribution in [0.1, 0.15) is 16.7 Å². The van der Waals surface area contributed by atoms with E-state index in [9.17, 15) is 4.39 Å². The van der Waals surface area contributed by atoms with E-state index in [1.165, 1.54) is 23.3 Å². The van der Waals surface area contributed by atoms with Crippen molar-refractivity contribution < 1.29 is 4.39 Å². The summed E-state index contributed by atoms with van der Waals surface area (Å²) in [4.78, 5) is 4.82. The molecule has 0 aliphatic carbocycles. The van der Waals surface area contributed by atoms with Gasteiger partial charge in [-0.1, -0.05) is 24.3 Å². The van der Waals surface area contributed by atoms with Crippen LogP contribution in [0, 0.1) is 26.6 Å². The molecule has 0 atom stereocenters. The smallest absolute Gasteiger partial charge is 0.187 e. The maximum atomic E-state index is 13.4. The van der Waals surface area contributed by atoms with Gasteiger partial charge in [0.1, 0.15) is 17.2 Å². The Hall–Kier alpha value is -3.34. The van der Waals surface area contributed by atoms with Gasteiger partial charge in [0.2, 0.25) is 0 Å². The highest BCUT2D eigenvalue weighted by atomic mass is 19.1. The highest BCUT2D eigenvalue weighted by Crippen LogP contribution is 2.34. The lowest BCUT2D eigenvalue weighted by molar-refractivity contribution is 0.628. The summed E-state index contributed by atoms with van der Waals surface area (Å²) < 4.78 is 15.4. The van der Waals surface area contributed by atoms with Gasteiger partial charge in [-0.05, 0) is 61.7 Å². The minimum atomic E-state index is -0.338. The average molecular weight is 358 g/mol. The summed E-state index contributed by atoms with van der Waals surface area (Å²) >= 11 is 0. The fourth-order valence-electron chi connectivity index (χ4n) is 3.01. The Morgan fingerprint density at radius 3 is 2.48 bits per heavy atom. The molecule has 134 valence electrons. The fraction of sp³-hybridized carbons (Fsp3) is 0.136. The lowest BCUT2D eigenvalue weighted by Gasteiger charge is -2.04. The standard InChI is InChI=1S/C22H19FN4/c1-14-9-10-17(12-16(14)3)20-22(26-25-19-8-4-7-18(23)13-19)27-11-5-6-15(2)21(27)24-20/h4-13H,1-3H3. The Morgan fingerprint density at radius 2 is 1.70 bits per heavy atom. The SMILES string of the molecule is Cc1ccc(-c2nc3c(C)cccn3c2N=Nc2cccc(F)c2)cc1C. The first-order chi connectivity index (χ1) is 13.0. The van der Waals surface area contributed by atoms with E-state index in [0.717, 1.165) is 22.5 Å². The molecule has 0 saturated carbocycles. The topological polar surface area (TPSA) is 42.0 Å². The van der Waals surface area contributed by atoms with Crippen LogP contribution in [0.4, 0.5) is 15.9 Å². The third-order valence-corrected chi connectivity index (χ3v) is 4.67. The van der Waals surface area contributed by atoms with Gasteiger partial charge in [-0.25, -0.2) is 9.37 Å². The minimum absolute atomic E-state index is 0.338. The van der Waals surface area contributed by atoms with Crippen LogP contribution >= 0.6 is 0 Å². The quantitative estimate of drug-likeness (QED) is 0.386. The predicted molar refractivity (Wildman–Crippen MR) is 105 cm³/mol. The largest absolute Gasteiger partial charge is 0.282 e. The van der Waals surface area contributed by atoms with Crippen LogP contribution in [0.15, 0.2) is 71.0 Å². The van der Waals surface area contributed by atoms with Crippen LogP contribution in [0.3, 0.4) is 0 Å². The second-order valence-corrected chi connectivity index (χ2v) is 6.65. The van der Waals surface area contributed by atoms with E-state index < -0.39 is 0 Å². The molecule has 4 rings (SSSR count). The van der Waals surface area contributed by atoms with Crippen molar-refractivity contribution in [1.82, 2.24) is 9.38 Å². The molecule has 27 heavy (non-hydrogen) atoms. The summed E-state index contributed by atoms with van der Waals surface area (Å²) in [6, 6.07) is 16.3. The number of aromatic nitrogens is 2. The Morgan fingerprint density at radius 1 is 0.852 bits per heavy atom. The number of pyridine rings is 1. The maximum Gasteiger partial charge on any atom is 0.187 e. The van der Waals surface area contributed by atoms with Crippen molar-refractivity contribution >= 4 is 17.2 Å². The molecule has 0 aliphatic heterocycles. The molecule has 0 fully saturated rings. The number of benzene rings is 2. The third kappa shape index (κ3) is 3.24. The highest BCUT2D eigenvalue weighted by molar-refractivity contribution is 5.76. The number of hydrogen-bond donors (Lipinski definition) is 0. The second kappa shape index (κ2) is 6.76. The van der Waals surface area contributed by atoms with Gasteiger partial charge in [-0.15, -0.1) is 10.2 Å². The van der Waals surface area contributed by atoms with E-state index in [1.54, 1.807) is 12.1 Å². The summed E-state index contributed by atoms with van der Waals surface area (Å²) in [7, 11) is 0. The van der Waals surface area contributed by atoms with Crippen molar-refractivity contribution in [2.75, 3.05) is 0 Å². The molecular weight excluding hydrogens is 339 g/mol. The van der Waals surface area contributed by atoms with Crippen molar-refractivity contribution in [2.24, 2.45) is 10.2 Å². The summed E-state index contributed by atoms with van der Waals surface area (Å²) in [6.45, 7) is 6.17. The van der Waals surface area contributed by atoms with Gasteiger partial charge in [0.25, 0.3) is 0 Å². The van der Waals surface area contributed by atoms with Crippen molar-refractivity contribution in [3.63, 3.8) is 0 Å². The zero-order valence-electron chi connectivity index (χ0n) is 15.4. The van der Waals surface area contributed by atoms with Crippen LogP contribution in [0.25, 0.3) is 16.9 Å². The number of hydrogen-bond acceptors (Lipinski definition) is 3. The van der Waals surface area contributed by atoms with Gasteiger partial charge < -0.3 is 0 Å². The summed E-state index contributed by atoms with van der Waals surface area (Å²) in [5.41, 5.74) is 6.50. The molecule has 2 aromatic heterocycles. The van der Waals surface area contributed by atoms with Gasteiger partial charge in [0, 0.05) is 17.8 Å². The zero-order chi connectivity index (χ0) is 19.0. The molecule has 4 aromatic rings. The maximum absolute atomic E-state index is 13.4. The first kappa shape index (κ1) is 17.1. The summed E-state index contributed by atoms with van der Waals surface area (Å²) in [5.74, 6) is 0.288. The summed E-state index contributed by atoms with van der Waals surface area (Å²) in [5, 5.41) is 8.67. The van der Waals surface area contributed by atoms with Gasteiger partial charge in [0.05, 0.1) is 5.69 Å². The first-order valence-electron chi connectivity index (χ1n) is 8.75. The number of fused-ring (bicyclic) bond motifs is 1. The first-order valence-corrected chi connectivity index (χ1v) is 8.75. The normalized spacial score (nSPS) is 11.6. The van der Waals surface area contributed by atoms with Gasteiger partial charge >= 0.3 is 0 Å².